The Morgan fingerprint density at radius 3 is 2.29 bits per heavy atom. The number of aliphatic hydroxyl groups is 1. The van der Waals surface area contributed by atoms with E-state index in [2.05, 4.69) is 54.5 Å². The van der Waals surface area contributed by atoms with E-state index in [1.54, 1.807) is 30.3 Å². The molecule has 11 atom stereocenters. The van der Waals surface area contributed by atoms with Crippen molar-refractivity contribution in [3.8, 4) is 5.75 Å². The van der Waals surface area contributed by atoms with E-state index in [1.807, 2.05) is 0 Å². The molecule has 6 rings (SSSR count). The number of hydrogen-bond donors (Lipinski definition) is 3. The Bertz CT molecular complexity index is 1410. The van der Waals surface area contributed by atoms with Crippen LogP contribution in [0.3, 0.4) is 0 Å². The fraction of sp³-hybridized carbons (Fsp3) is 0.692. The number of phenolic OH excluding ortho intramolecular Hbond substituents is 1. The molecule has 0 aromatic heterocycles. The molecule has 5 aliphatic carbocycles. The van der Waals surface area contributed by atoms with Crippen LogP contribution < -0.4 is 0 Å². The van der Waals surface area contributed by atoms with E-state index in [9.17, 15) is 24.9 Å². The summed E-state index contributed by atoms with van der Waals surface area (Å²) in [5.41, 5.74) is 0.857. The normalized spacial score (nSPS) is 45.3. The molecule has 1 aromatic carbocycles. The smallest absolute Gasteiger partial charge is 0.331 e. The van der Waals surface area contributed by atoms with Crippen LogP contribution in [-0.4, -0.2) is 39.5 Å². The van der Waals surface area contributed by atoms with Crippen LogP contribution in [0.5, 0.6) is 5.75 Å². The Balaban J connectivity index is 1.29. The van der Waals surface area contributed by atoms with E-state index in [0.717, 1.165) is 50.5 Å². The minimum atomic E-state index is -0.780. The van der Waals surface area contributed by atoms with Crippen molar-refractivity contribution in [1.82, 2.24) is 0 Å². The number of phenols is 1. The summed E-state index contributed by atoms with van der Waals surface area (Å²) >= 11 is 0. The summed E-state index contributed by atoms with van der Waals surface area (Å²) in [5.74, 6) is 0.617. The van der Waals surface area contributed by atoms with Crippen molar-refractivity contribution < 1.29 is 29.6 Å². The zero-order valence-electron chi connectivity index (χ0n) is 28.3. The summed E-state index contributed by atoms with van der Waals surface area (Å²) in [7, 11) is 0. The highest BCUT2D eigenvalue weighted by Gasteiger charge is 2.70. The van der Waals surface area contributed by atoms with Gasteiger partial charge in [-0.1, -0.05) is 72.2 Å². The summed E-state index contributed by atoms with van der Waals surface area (Å²) in [6.45, 7) is 16.2. The van der Waals surface area contributed by atoms with Crippen LogP contribution in [-0.2, 0) is 14.3 Å². The second-order valence-electron chi connectivity index (χ2n) is 17.0. The summed E-state index contributed by atoms with van der Waals surface area (Å²) in [4.78, 5) is 26.0. The number of aliphatic hydroxyl groups excluding tert-OH is 1. The van der Waals surface area contributed by atoms with Crippen molar-refractivity contribution in [2.45, 2.75) is 112 Å². The van der Waals surface area contributed by atoms with E-state index < -0.39 is 35.0 Å². The number of carbonyl (C=O) groups is 2. The molecule has 0 heterocycles. The number of rotatable bonds is 4. The second-order valence-corrected chi connectivity index (χ2v) is 17.0. The average molecular weight is 619 g/mol. The maximum Gasteiger partial charge on any atom is 0.331 e. The molecule has 0 amide bonds. The first-order valence-electron chi connectivity index (χ1n) is 17.3. The van der Waals surface area contributed by atoms with Gasteiger partial charge in [0.2, 0.25) is 0 Å². The van der Waals surface area contributed by atoms with Gasteiger partial charge in [0.25, 0.3) is 0 Å². The number of benzene rings is 1. The Morgan fingerprint density at radius 1 is 0.933 bits per heavy atom. The van der Waals surface area contributed by atoms with E-state index >= 15 is 0 Å². The molecule has 5 aliphatic rings. The first kappa shape index (κ1) is 32.3. The first-order valence-corrected chi connectivity index (χ1v) is 17.3. The first-order chi connectivity index (χ1) is 21.0. The number of aliphatic carboxylic acids is 1. The lowest BCUT2D eigenvalue weighted by Gasteiger charge is -2.71. The number of carboxylic acid groups (broad SMARTS) is 1. The van der Waals surface area contributed by atoms with Crippen molar-refractivity contribution in [2.24, 2.45) is 56.7 Å². The highest BCUT2D eigenvalue weighted by Crippen LogP contribution is 2.75. The van der Waals surface area contributed by atoms with Gasteiger partial charge in [-0.25, -0.2) is 4.79 Å². The number of ether oxygens (including phenoxy) is 1. The second kappa shape index (κ2) is 10.7. The average Bonchev–Trinajstić information content (AvgIpc) is 2.97. The molecule has 0 radical (unpaired) electrons. The molecule has 6 heteroatoms. The van der Waals surface area contributed by atoms with E-state index in [-0.39, 0.29) is 33.8 Å². The van der Waals surface area contributed by atoms with Crippen molar-refractivity contribution >= 4 is 18.0 Å². The van der Waals surface area contributed by atoms with Crippen molar-refractivity contribution in [2.75, 3.05) is 0 Å². The van der Waals surface area contributed by atoms with Gasteiger partial charge in [0, 0.05) is 11.5 Å². The Labute approximate surface area is 269 Å². The van der Waals surface area contributed by atoms with E-state index in [1.165, 1.54) is 11.6 Å². The van der Waals surface area contributed by atoms with E-state index in [0.29, 0.717) is 24.2 Å². The topological polar surface area (TPSA) is 104 Å². The highest BCUT2D eigenvalue weighted by molar-refractivity contribution is 5.87. The molecule has 4 saturated carbocycles. The SMILES string of the molecule is C[C@@H]1CC[C@]2(C(=O)O)CC[C@]3(C)C(=CC[C@@H]4[C@@]5(C)C[C@H](O)[C@H](OC(=O)/C=C/c6ccc(O)cc6)C(C)(C)[C@@H]5CC[C@]43C)C2[C@H]1C. The van der Waals surface area contributed by atoms with E-state index in [4.69, 9.17) is 4.74 Å². The van der Waals surface area contributed by atoms with Crippen LogP contribution in [0.25, 0.3) is 6.08 Å². The minimum absolute atomic E-state index is 0.0143. The Hall–Kier alpha value is -2.60. The number of esters is 1. The molecular formula is C39H54O6. The Morgan fingerprint density at radius 2 is 1.62 bits per heavy atom. The van der Waals surface area contributed by atoms with Crippen molar-refractivity contribution in [3.05, 3.63) is 47.6 Å². The number of carbonyl (C=O) groups excluding carboxylic acids is 1. The maximum atomic E-state index is 13.0. The molecular weight excluding hydrogens is 564 g/mol. The Kier molecular flexibility index (Phi) is 7.70. The van der Waals surface area contributed by atoms with Gasteiger partial charge in [0.1, 0.15) is 11.9 Å². The summed E-state index contributed by atoms with van der Waals surface area (Å²) in [6.07, 6.45) is 11.1. The predicted molar refractivity (Wildman–Crippen MR) is 175 cm³/mol. The molecule has 0 bridgehead atoms. The lowest BCUT2D eigenvalue weighted by atomic mass is 9.33. The number of hydrogen-bond acceptors (Lipinski definition) is 5. The monoisotopic (exact) mass is 618 g/mol. The highest BCUT2D eigenvalue weighted by atomic mass is 16.6. The third kappa shape index (κ3) is 4.58. The van der Waals surface area contributed by atoms with Gasteiger partial charge in [0.15, 0.2) is 0 Å². The fourth-order valence-corrected chi connectivity index (χ4v) is 12.1. The van der Waals surface area contributed by atoms with Gasteiger partial charge in [-0.05, 0) is 121 Å². The predicted octanol–water partition coefficient (Wildman–Crippen LogP) is 8.03. The maximum absolute atomic E-state index is 13.0. The molecule has 3 N–H and O–H groups in total. The summed E-state index contributed by atoms with van der Waals surface area (Å²) in [6, 6.07) is 6.62. The zero-order chi connectivity index (χ0) is 32.7. The minimum Gasteiger partial charge on any atom is -0.508 e. The standard InChI is InChI=1S/C39H54O6/c1-23-16-19-39(34(43)44)21-20-37(6)27(32(39)24(23)2)13-14-30-36(5)22-28(41)33(35(3,4)29(36)17-18-38(30,37)7)45-31(42)15-10-25-8-11-26(40)12-9-25/h8-13,15,23-24,28-30,32-33,40-41H,14,16-22H2,1-7H3,(H,43,44)/b15-10+/t23-,24+,28+,29+,30-,32?,33+,36+,37-,38-,39+/m1/s1. The number of carboxylic acids is 1. The van der Waals surface area contributed by atoms with Crippen molar-refractivity contribution in [3.63, 3.8) is 0 Å². The number of aromatic hydroxyl groups is 1. The van der Waals surface area contributed by atoms with Gasteiger partial charge in [-0.2, -0.15) is 0 Å². The van der Waals surface area contributed by atoms with Crippen LogP contribution in [0.15, 0.2) is 42.0 Å². The van der Waals surface area contributed by atoms with Gasteiger partial charge in [-0.3, -0.25) is 4.79 Å². The molecule has 246 valence electrons. The zero-order valence-corrected chi connectivity index (χ0v) is 28.3. The van der Waals surface area contributed by atoms with Crippen LogP contribution in [0.2, 0.25) is 0 Å². The third-order valence-corrected chi connectivity index (χ3v) is 14.9. The molecule has 0 spiro atoms. The molecule has 45 heavy (non-hydrogen) atoms. The number of allylic oxidation sites excluding steroid dienone is 2. The number of fused-ring (bicyclic) bond motifs is 7. The molecule has 1 unspecified atom stereocenters. The molecule has 6 nitrogen and oxygen atoms in total. The lowest BCUT2D eigenvalue weighted by Crippen LogP contribution is -2.67. The van der Waals surface area contributed by atoms with Crippen molar-refractivity contribution in [1.29, 1.82) is 0 Å². The molecule has 0 saturated heterocycles. The lowest BCUT2D eigenvalue weighted by molar-refractivity contribution is -0.238. The fourth-order valence-electron chi connectivity index (χ4n) is 12.1. The van der Waals surface area contributed by atoms with Crippen LogP contribution in [0, 0.1) is 56.7 Å². The summed E-state index contributed by atoms with van der Waals surface area (Å²) < 4.78 is 6.05. The summed E-state index contributed by atoms with van der Waals surface area (Å²) in [5, 5.41) is 32.0. The third-order valence-electron chi connectivity index (χ3n) is 14.9. The molecule has 0 aliphatic heterocycles. The van der Waals surface area contributed by atoms with Gasteiger partial charge in [-0.15, -0.1) is 0 Å². The van der Waals surface area contributed by atoms with Gasteiger partial charge < -0.3 is 20.1 Å². The molecule has 1 aromatic rings. The quantitative estimate of drug-likeness (QED) is 0.179. The molecule has 4 fully saturated rings. The van der Waals surface area contributed by atoms with Gasteiger partial charge >= 0.3 is 11.9 Å². The van der Waals surface area contributed by atoms with Crippen LogP contribution in [0.1, 0.15) is 105 Å². The van der Waals surface area contributed by atoms with Crippen LogP contribution in [0.4, 0.5) is 0 Å². The van der Waals surface area contributed by atoms with Gasteiger partial charge in [0.05, 0.1) is 11.5 Å². The van der Waals surface area contributed by atoms with Crippen LogP contribution >= 0.6 is 0 Å². The largest absolute Gasteiger partial charge is 0.508 e.